The molecular weight excluding hydrogens is 423 g/mol. The van der Waals surface area contributed by atoms with Crippen molar-refractivity contribution in [2.75, 3.05) is 17.2 Å². The van der Waals surface area contributed by atoms with E-state index in [2.05, 4.69) is 10.6 Å². The summed E-state index contributed by atoms with van der Waals surface area (Å²) >= 11 is 5.68. The van der Waals surface area contributed by atoms with Crippen molar-refractivity contribution in [1.82, 2.24) is 0 Å². The lowest BCUT2D eigenvalue weighted by molar-refractivity contribution is -0.118. The lowest BCUT2D eigenvalue weighted by Gasteiger charge is -2.21. The normalized spacial score (nSPS) is 14.4. The third-order valence-corrected chi connectivity index (χ3v) is 6.99. The van der Waals surface area contributed by atoms with Gasteiger partial charge in [0.2, 0.25) is 5.91 Å². The Kier molecular flexibility index (Phi) is 5.81. The Morgan fingerprint density at radius 3 is 2.76 bits per heavy atom. The van der Waals surface area contributed by atoms with Gasteiger partial charge in [0.05, 0.1) is 20.9 Å². The average Bonchev–Trinajstić information content (AvgIpc) is 2.63. The van der Waals surface area contributed by atoms with E-state index < -0.39 is 26.8 Å². The first-order chi connectivity index (χ1) is 13.6. The van der Waals surface area contributed by atoms with Crippen molar-refractivity contribution in [1.29, 1.82) is 0 Å². The molecule has 1 atom stereocenters. The molecule has 29 heavy (non-hydrogen) atoms. The SMILES string of the molecule is Cc1cc2c(cc1S(=O)(=O)[C@H](C)CC(=O)Nc1ccc(F)c(Cl)c1)OCC(=O)N2. The van der Waals surface area contributed by atoms with E-state index in [1.165, 1.54) is 31.2 Å². The lowest BCUT2D eigenvalue weighted by Crippen LogP contribution is -2.27. The number of rotatable bonds is 5. The van der Waals surface area contributed by atoms with Crippen LogP contribution in [0.5, 0.6) is 5.75 Å². The van der Waals surface area contributed by atoms with Crippen LogP contribution in [0.25, 0.3) is 0 Å². The summed E-state index contributed by atoms with van der Waals surface area (Å²) in [4.78, 5) is 23.7. The molecule has 0 radical (unpaired) electrons. The molecule has 0 aromatic heterocycles. The number of aryl methyl sites for hydroxylation is 1. The van der Waals surface area contributed by atoms with Crippen molar-refractivity contribution in [3.63, 3.8) is 0 Å². The lowest BCUT2D eigenvalue weighted by atomic mass is 10.2. The average molecular weight is 441 g/mol. The summed E-state index contributed by atoms with van der Waals surface area (Å²) in [5.74, 6) is -1.24. The molecule has 154 valence electrons. The molecule has 7 nitrogen and oxygen atoms in total. The highest BCUT2D eigenvalue weighted by Crippen LogP contribution is 2.34. The standard InChI is InChI=1S/C19H18ClFN2O5S/c1-10-5-15-16(28-9-19(25)23-15)8-17(10)29(26,27)11(2)6-18(24)22-12-3-4-14(21)13(20)7-12/h3-5,7-8,11H,6,9H2,1-2H3,(H,22,24)(H,23,25)/t11-/m1/s1. The Balaban J connectivity index is 1.77. The van der Waals surface area contributed by atoms with E-state index in [0.29, 0.717) is 11.3 Å². The molecule has 2 aromatic rings. The summed E-state index contributed by atoms with van der Waals surface area (Å²) in [6.07, 6.45) is -0.314. The van der Waals surface area contributed by atoms with Gasteiger partial charge in [0.15, 0.2) is 16.4 Å². The van der Waals surface area contributed by atoms with Gasteiger partial charge in [0.1, 0.15) is 11.6 Å². The van der Waals surface area contributed by atoms with Crippen LogP contribution in [0, 0.1) is 12.7 Å². The molecule has 0 fully saturated rings. The number of benzene rings is 2. The molecule has 1 aliphatic heterocycles. The van der Waals surface area contributed by atoms with Crippen LogP contribution in [0.3, 0.4) is 0 Å². The number of halogens is 2. The zero-order chi connectivity index (χ0) is 21.3. The maximum absolute atomic E-state index is 13.2. The third kappa shape index (κ3) is 4.51. The number of anilines is 2. The third-order valence-electron chi connectivity index (χ3n) is 4.42. The summed E-state index contributed by atoms with van der Waals surface area (Å²) in [6, 6.07) is 6.55. The van der Waals surface area contributed by atoms with Gasteiger partial charge in [0, 0.05) is 18.2 Å². The first kappa shape index (κ1) is 21.1. The zero-order valence-corrected chi connectivity index (χ0v) is 17.2. The molecule has 1 heterocycles. The van der Waals surface area contributed by atoms with Crippen LogP contribution < -0.4 is 15.4 Å². The van der Waals surface area contributed by atoms with Gasteiger partial charge in [-0.1, -0.05) is 11.6 Å². The Bertz CT molecular complexity index is 1100. The van der Waals surface area contributed by atoms with Gasteiger partial charge in [-0.3, -0.25) is 9.59 Å². The van der Waals surface area contributed by atoms with Crippen molar-refractivity contribution in [2.24, 2.45) is 0 Å². The van der Waals surface area contributed by atoms with Gasteiger partial charge >= 0.3 is 0 Å². The predicted molar refractivity (Wildman–Crippen MR) is 107 cm³/mol. The topological polar surface area (TPSA) is 102 Å². The molecule has 0 aliphatic carbocycles. The highest BCUT2D eigenvalue weighted by Gasteiger charge is 2.29. The first-order valence-corrected chi connectivity index (χ1v) is 10.6. The van der Waals surface area contributed by atoms with E-state index in [1.54, 1.807) is 6.92 Å². The molecule has 2 aromatic carbocycles. The van der Waals surface area contributed by atoms with Crippen molar-refractivity contribution in [2.45, 2.75) is 30.4 Å². The number of sulfone groups is 1. The molecule has 0 saturated carbocycles. The predicted octanol–water partition coefficient (Wildman–Crippen LogP) is 3.31. The fourth-order valence-electron chi connectivity index (χ4n) is 2.90. The maximum Gasteiger partial charge on any atom is 0.262 e. The van der Waals surface area contributed by atoms with Gasteiger partial charge in [-0.2, -0.15) is 0 Å². The Morgan fingerprint density at radius 2 is 2.07 bits per heavy atom. The second kappa shape index (κ2) is 8.00. The quantitative estimate of drug-likeness (QED) is 0.742. The molecule has 0 spiro atoms. The second-order valence-electron chi connectivity index (χ2n) is 6.69. The van der Waals surface area contributed by atoms with Gasteiger partial charge in [0.25, 0.3) is 5.91 Å². The van der Waals surface area contributed by atoms with E-state index in [9.17, 15) is 22.4 Å². The molecule has 2 N–H and O–H groups in total. The monoisotopic (exact) mass is 440 g/mol. The van der Waals surface area contributed by atoms with Crippen molar-refractivity contribution in [3.05, 3.63) is 46.7 Å². The minimum atomic E-state index is -3.86. The molecule has 2 amide bonds. The second-order valence-corrected chi connectivity index (χ2v) is 9.43. The number of carbonyl (C=O) groups excluding carboxylic acids is 2. The van der Waals surface area contributed by atoms with Crippen molar-refractivity contribution in [3.8, 4) is 5.75 Å². The molecule has 1 aliphatic rings. The molecular formula is C19H18ClFN2O5S. The smallest absolute Gasteiger partial charge is 0.262 e. The maximum atomic E-state index is 13.2. The number of fused-ring (bicyclic) bond motifs is 1. The summed E-state index contributed by atoms with van der Waals surface area (Å²) in [7, 11) is -3.86. The molecule has 0 saturated heterocycles. The highest BCUT2D eigenvalue weighted by atomic mass is 35.5. The molecule has 10 heteroatoms. The number of carbonyl (C=O) groups is 2. The van der Waals surface area contributed by atoms with E-state index in [-0.39, 0.29) is 40.3 Å². The minimum Gasteiger partial charge on any atom is -0.482 e. The van der Waals surface area contributed by atoms with Gasteiger partial charge in [-0.15, -0.1) is 0 Å². The number of ether oxygens (including phenoxy) is 1. The number of amides is 2. The van der Waals surface area contributed by atoms with Gasteiger partial charge in [-0.25, -0.2) is 12.8 Å². The number of hydrogen-bond donors (Lipinski definition) is 2. The van der Waals surface area contributed by atoms with Crippen LogP contribution in [-0.4, -0.2) is 32.1 Å². The van der Waals surface area contributed by atoms with Crippen LogP contribution in [0.1, 0.15) is 18.9 Å². The van der Waals surface area contributed by atoms with Crippen LogP contribution in [0.4, 0.5) is 15.8 Å². The van der Waals surface area contributed by atoms with E-state index in [0.717, 1.165) is 6.07 Å². The fraction of sp³-hybridized carbons (Fsp3) is 0.263. The molecule has 3 rings (SSSR count). The number of hydrogen-bond acceptors (Lipinski definition) is 5. The summed E-state index contributed by atoms with van der Waals surface area (Å²) in [5, 5.41) is 3.94. The summed E-state index contributed by atoms with van der Waals surface area (Å²) < 4.78 is 44.5. The van der Waals surface area contributed by atoms with Crippen molar-refractivity contribution >= 4 is 44.6 Å². The molecule has 0 unspecified atom stereocenters. The summed E-state index contributed by atoms with van der Waals surface area (Å²) in [6.45, 7) is 2.82. The number of nitrogens with one attached hydrogen (secondary N) is 2. The van der Waals surface area contributed by atoms with Gasteiger partial charge in [-0.05, 0) is 43.7 Å². The van der Waals surface area contributed by atoms with Crippen LogP contribution in [-0.2, 0) is 19.4 Å². The van der Waals surface area contributed by atoms with Crippen LogP contribution >= 0.6 is 11.6 Å². The summed E-state index contributed by atoms with van der Waals surface area (Å²) in [5.41, 5.74) is 1.09. The first-order valence-electron chi connectivity index (χ1n) is 8.64. The minimum absolute atomic E-state index is 0.0255. The van der Waals surface area contributed by atoms with Crippen LogP contribution in [0.2, 0.25) is 5.02 Å². The van der Waals surface area contributed by atoms with E-state index in [4.69, 9.17) is 16.3 Å². The zero-order valence-electron chi connectivity index (χ0n) is 15.6. The fourth-order valence-corrected chi connectivity index (χ4v) is 4.66. The Labute approximate surface area is 172 Å². The van der Waals surface area contributed by atoms with E-state index >= 15 is 0 Å². The van der Waals surface area contributed by atoms with E-state index in [1.807, 2.05) is 0 Å². The van der Waals surface area contributed by atoms with Gasteiger partial charge < -0.3 is 15.4 Å². The Hall–Kier alpha value is -2.65. The Morgan fingerprint density at radius 1 is 1.34 bits per heavy atom. The largest absolute Gasteiger partial charge is 0.482 e. The highest BCUT2D eigenvalue weighted by molar-refractivity contribution is 7.92. The van der Waals surface area contributed by atoms with Crippen LogP contribution in [0.15, 0.2) is 35.2 Å². The molecule has 0 bridgehead atoms. The van der Waals surface area contributed by atoms with Crippen molar-refractivity contribution < 1.29 is 27.1 Å².